The summed E-state index contributed by atoms with van der Waals surface area (Å²) >= 11 is 1.64. The first kappa shape index (κ1) is 16.7. The van der Waals surface area contributed by atoms with Crippen molar-refractivity contribution in [2.24, 2.45) is 0 Å². The molecule has 2 unspecified atom stereocenters. The maximum absolute atomic E-state index is 12.2. The summed E-state index contributed by atoms with van der Waals surface area (Å²) < 4.78 is 11.2. The second-order valence-corrected chi connectivity index (χ2v) is 6.28. The topological polar surface area (TPSA) is 67.8 Å². The van der Waals surface area contributed by atoms with Crippen molar-refractivity contribution in [1.29, 1.82) is 0 Å². The van der Waals surface area contributed by atoms with Crippen LogP contribution in [0.4, 0.5) is 0 Å². The first-order valence-electron chi connectivity index (χ1n) is 7.65. The lowest BCUT2D eigenvalue weighted by Crippen LogP contribution is -2.45. The summed E-state index contributed by atoms with van der Waals surface area (Å²) in [7, 11) is 0. The second kappa shape index (κ2) is 7.59. The third-order valence-electron chi connectivity index (χ3n) is 3.77. The fourth-order valence-corrected chi connectivity index (χ4v) is 2.81. The van der Waals surface area contributed by atoms with Crippen molar-refractivity contribution in [3.05, 3.63) is 54.1 Å². The molecule has 6 heteroatoms. The molecule has 1 heterocycles. The summed E-state index contributed by atoms with van der Waals surface area (Å²) in [6, 6.07) is 14.8. The molecule has 0 saturated carbocycles. The van der Waals surface area contributed by atoms with Crippen LogP contribution in [0.3, 0.4) is 0 Å². The summed E-state index contributed by atoms with van der Waals surface area (Å²) in [5.41, 5.74) is 0.763. The Hall–Kier alpha value is -2.18. The van der Waals surface area contributed by atoms with Gasteiger partial charge in [-0.05, 0) is 36.1 Å². The Morgan fingerprint density at radius 3 is 2.67 bits per heavy atom. The van der Waals surface area contributed by atoms with Crippen LogP contribution in [0, 0.1) is 0 Å². The van der Waals surface area contributed by atoms with Crippen LogP contribution < -0.4 is 14.8 Å². The van der Waals surface area contributed by atoms with Gasteiger partial charge in [-0.15, -0.1) is 11.8 Å². The number of hydrogen-bond acceptors (Lipinski definition) is 5. The van der Waals surface area contributed by atoms with Crippen molar-refractivity contribution >= 4 is 17.7 Å². The average Bonchev–Trinajstić information content (AvgIpc) is 2.65. The largest absolute Gasteiger partial charge is 0.485 e. The highest BCUT2D eigenvalue weighted by atomic mass is 32.2. The molecule has 0 aliphatic carbocycles. The maximum atomic E-state index is 12.2. The minimum absolute atomic E-state index is 0.124. The van der Waals surface area contributed by atoms with Gasteiger partial charge in [0, 0.05) is 11.4 Å². The number of para-hydroxylation sites is 2. The normalized spacial score (nSPS) is 17.2. The Morgan fingerprint density at radius 1 is 1.25 bits per heavy atom. The Bertz CT molecular complexity index is 704. The van der Waals surface area contributed by atoms with Crippen molar-refractivity contribution in [3.8, 4) is 11.5 Å². The molecule has 0 saturated heterocycles. The van der Waals surface area contributed by atoms with Crippen molar-refractivity contribution in [2.45, 2.75) is 17.1 Å². The van der Waals surface area contributed by atoms with Crippen LogP contribution in [-0.2, 0) is 4.79 Å². The van der Waals surface area contributed by atoms with Gasteiger partial charge in [0.15, 0.2) is 11.5 Å². The lowest BCUT2D eigenvalue weighted by atomic mass is 10.1. The van der Waals surface area contributed by atoms with Crippen LogP contribution in [-0.4, -0.2) is 36.5 Å². The Morgan fingerprint density at radius 2 is 1.96 bits per heavy atom. The fourth-order valence-electron chi connectivity index (χ4n) is 2.40. The molecule has 0 fully saturated rings. The highest BCUT2D eigenvalue weighted by Crippen LogP contribution is 2.30. The second-order valence-electron chi connectivity index (χ2n) is 5.40. The molecule has 1 aliphatic heterocycles. The zero-order valence-corrected chi connectivity index (χ0v) is 14.1. The van der Waals surface area contributed by atoms with Gasteiger partial charge in [-0.3, -0.25) is 4.79 Å². The van der Waals surface area contributed by atoms with Gasteiger partial charge in [0.2, 0.25) is 6.10 Å². The summed E-state index contributed by atoms with van der Waals surface area (Å²) in [6.07, 6.45) is 0.517. The molecule has 0 spiro atoms. The molecule has 24 heavy (non-hydrogen) atoms. The number of amides is 1. The molecule has 0 bridgehead atoms. The van der Waals surface area contributed by atoms with E-state index in [2.05, 4.69) is 5.32 Å². The van der Waals surface area contributed by atoms with Gasteiger partial charge in [0.1, 0.15) is 6.61 Å². The van der Waals surface area contributed by atoms with Gasteiger partial charge in [-0.2, -0.15) is 0 Å². The number of benzene rings is 2. The molecule has 3 rings (SSSR count). The number of carbonyl (C=O) groups excluding carboxylic acids is 1. The van der Waals surface area contributed by atoms with Crippen molar-refractivity contribution in [1.82, 2.24) is 5.32 Å². The highest BCUT2D eigenvalue weighted by molar-refractivity contribution is 7.98. The van der Waals surface area contributed by atoms with Crippen LogP contribution in [0.5, 0.6) is 11.5 Å². The Balaban J connectivity index is 1.53. The zero-order valence-electron chi connectivity index (χ0n) is 13.3. The number of nitrogens with one attached hydrogen (secondary N) is 1. The van der Waals surface area contributed by atoms with E-state index in [1.165, 1.54) is 0 Å². The van der Waals surface area contributed by atoms with Gasteiger partial charge in [0.25, 0.3) is 5.91 Å². The number of thioether (sulfide) groups is 1. The summed E-state index contributed by atoms with van der Waals surface area (Å²) in [6.45, 7) is 0.278. The zero-order chi connectivity index (χ0) is 16.9. The monoisotopic (exact) mass is 345 g/mol. The smallest absolute Gasteiger partial charge is 0.264 e. The molecule has 2 aromatic carbocycles. The molecule has 1 aliphatic rings. The highest BCUT2D eigenvalue weighted by Gasteiger charge is 2.27. The van der Waals surface area contributed by atoms with E-state index in [0.29, 0.717) is 11.5 Å². The summed E-state index contributed by atoms with van der Waals surface area (Å²) in [5.74, 6) is 0.886. The lowest BCUT2D eigenvalue weighted by molar-refractivity contribution is -0.130. The average molecular weight is 345 g/mol. The molecule has 1 amide bonds. The number of rotatable bonds is 5. The number of carbonyl (C=O) groups is 1. The molecule has 5 nitrogen and oxygen atoms in total. The van der Waals surface area contributed by atoms with Crippen LogP contribution in [0.25, 0.3) is 0 Å². The van der Waals surface area contributed by atoms with Gasteiger partial charge < -0.3 is 19.9 Å². The first-order chi connectivity index (χ1) is 11.7. The molecule has 2 aromatic rings. The van der Waals surface area contributed by atoms with Crippen LogP contribution in [0.15, 0.2) is 53.4 Å². The van der Waals surface area contributed by atoms with Crippen LogP contribution in [0.2, 0.25) is 0 Å². The van der Waals surface area contributed by atoms with E-state index in [0.717, 1.165) is 10.5 Å². The SMILES string of the molecule is CSc1ccc(C(O)CNC(=O)C2COc3ccccc3O2)cc1. The van der Waals surface area contributed by atoms with E-state index in [9.17, 15) is 9.90 Å². The van der Waals surface area contributed by atoms with E-state index in [4.69, 9.17) is 9.47 Å². The minimum atomic E-state index is -0.762. The van der Waals surface area contributed by atoms with Crippen molar-refractivity contribution < 1.29 is 19.4 Å². The van der Waals surface area contributed by atoms with E-state index < -0.39 is 12.2 Å². The van der Waals surface area contributed by atoms with Gasteiger partial charge >= 0.3 is 0 Å². The fraction of sp³-hybridized carbons (Fsp3) is 0.278. The molecule has 2 N–H and O–H groups in total. The minimum Gasteiger partial charge on any atom is -0.485 e. The predicted octanol–water partition coefficient (Wildman–Crippen LogP) is 2.40. The molecular formula is C18H19NO4S. The first-order valence-corrected chi connectivity index (χ1v) is 8.88. The molecule has 126 valence electrons. The van der Waals surface area contributed by atoms with Crippen molar-refractivity contribution in [3.63, 3.8) is 0 Å². The molecule has 0 radical (unpaired) electrons. The van der Waals surface area contributed by atoms with Gasteiger partial charge in [-0.25, -0.2) is 0 Å². The third kappa shape index (κ3) is 3.83. The van der Waals surface area contributed by atoms with Crippen LogP contribution in [0.1, 0.15) is 11.7 Å². The number of fused-ring (bicyclic) bond motifs is 1. The van der Waals surface area contributed by atoms with Crippen LogP contribution >= 0.6 is 11.8 Å². The lowest BCUT2D eigenvalue weighted by Gasteiger charge is -2.26. The predicted molar refractivity (Wildman–Crippen MR) is 92.5 cm³/mol. The molecule has 0 aromatic heterocycles. The number of aliphatic hydroxyl groups excluding tert-OH is 1. The van der Waals surface area contributed by atoms with E-state index >= 15 is 0 Å². The van der Waals surface area contributed by atoms with Gasteiger partial charge in [0.05, 0.1) is 6.10 Å². The number of aliphatic hydroxyl groups is 1. The third-order valence-corrected chi connectivity index (χ3v) is 4.51. The summed E-state index contributed by atoms with van der Waals surface area (Å²) in [5, 5.41) is 12.9. The van der Waals surface area contributed by atoms with E-state index in [-0.39, 0.29) is 19.1 Å². The standard InChI is InChI=1S/C18H19NO4S/c1-24-13-8-6-12(7-9-13)14(20)10-19-18(21)17-11-22-15-4-2-3-5-16(15)23-17/h2-9,14,17,20H,10-11H2,1H3,(H,19,21). The van der Waals surface area contributed by atoms with Crippen molar-refractivity contribution in [2.75, 3.05) is 19.4 Å². The van der Waals surface area contributed by atoms with E-state index in [1.807, 2.05) is 42.7 Å². The van der Waals surface area contributed by atoms with E-state index in [1.54, 1.807) is 23.9 Å². The quantitative estimate of drug-likeness (QED) is 0.815. The van der Waals surface area contributed by atoms with Gasteiger partial charge in [-0.1, -0.05) is 24.3 Å². The maximum Gasteiger partial charge on any atom is 0.264 e. The Kier molecular flexibility index (Phi) is 5.27. The number of hydrogen-bond donors (Lipinski definition) is 2. The summed E-state index contributed by atoms with van der Waals surface area (Å²) in [4.78, 5) is 13.3. The Labute approximate surface area is 145 Å². The number of ether oxygens (including phenoxy) is 2. The molecule has 2 atom stereocenters. The molecular weight excluding hydrogens is 326 g/mol.